The first kappa shape index (κ1) is 17.5. The smallest absolute Gasteiger partial charge is 0.254 e. The molecule has 1 aromatic carbocycles. The molecular formula is C19H23FN4O. The van der Waals surface area contributed by atoms with Crippen LogP contribution in [0.1, 0.15) is 47.6 Å². The fourth-order valence-electron chi connectivity index (χ4n) is 3.18. The van der Waals surface area contributed by atoms with E-state index in [4.69, 9.17) is 0 Å². The lowest BCUT2D eigenvalue weighted by Gasteiger charge is -2.28. The quantitative estimate of drug-likeness (QED) is 0.877. The number of carbonyl (C=O) groups excluding carboxylic acids is 1. The molecule has 2 heterocycles. The molecule has 1 aliphatic rings. The number of nitrogens with one attached hydrogen (secondary N) is 1. The van der Waals surface area contributed by atoms with Gasteiger partial charge in [-0.2, -0.15) is 0 Å². The Morgan fingerprint density at radius 3 is 2.56 bits per heavy atom. The van der Waals surface area contributed by atoms with Crippen molar-refractivity contribution in [3.63, 3.8) is 0 Å². The summed E-state index contributed by atoms with van der Waals surface area (Å²) in [5.41, 5.74) is 1.05. The summed E-state index contributed by atoms with van der Waals surface area (Å²) < 4.78 is 14.3. The van der Waals surface area contributed by atoms with Crippen LogP contribution in [-0.4, -0.2) is 40.4 Å². The maximum atomic E-state index is 14.3. The van der Waals surface area contributed by atoms with E-state index >= 15 is 0 Å². The van der Waals surface area contributed by atoms with Crippen molar-refractivity contribution >= 4 is 5.91 Å². The number of benzene rings is 1. The van der Waals surface area contributed by atoms with Crippen LogP contribution in [0.25, 0.3) is 0 Å². The largest absolute Gasteiger partial charge is 0.350 e. The van der Waals surface area contributed by atoms with Crippen molar-refractivity contribution in [2.75, 3.05) is 19.6 Å². The van der Waals surface area contributed by atoms with Crippen LogP contribution in [0, 0.1) is 5.82 Å². The average Bonchev–Trinajstić information content (AvgIpc) is 3.17. The first-order chi connectivity index (χ1) is 12.2. The molecule has 0 radical (unpaired) electrons. The van der Waals surface area contributed by atoms with Gasteiger partial charge in [0.25, 0.3) is 5.91 Å². The van der Waals surface area contributed by atoms with E-state index in [2.05, 4.69) is 20.2 Å². The Morgan fingerprint density at radius 2 is 1.92 bits per heavy atom. The molecule has 25 heavy (non-hydrogen) atoms. The highest BCUT2D eigenvalue weighted by molar-refractivity contribution is 5.93. The SMILES string of the molecule is CCc1ncc(C(=O)NC[C@@H](c2ccccc2F)N2CCCC2)cn1. The second-order valence-electron chi connectivity index (χ2n) is 6.23. The van der Waals surface area contributed by atoms with Gasteiger partial charge >= 0.3 is 0 Å². The third-order valence-electron chi connectivity index (χ3n) is 4.59. The molecule has 3 rings (SSSR count). The first-order valence-electron chi connectivity index (χ1n) is 8.76. The van der Waals surface area contributed by atoms with Gasteiger partial charge in [0.05, 0.1) is 11.6 Å². The van der Waals surface area contributed by atoms with Gasteiger partial charge in [-0.3, -0.25) is 9.69 Å². The number of amides is 1. The predicted octanol–water partition coefficient (Wildman–Crippen LogP) is 2.75. The molecule has 1 amide bonds. The van der Waals surface area contributed by atoms with Crippen molar-refractivity contribution < 1.29 is 9.18 Å². The van der Waals surface area contributed by atoms with E-state index in [1.165, 1.54) is 18.5 Å². The number of halogens is 1. The molecule has 0 unspecified atom stereocenters. The van der Waals surface area contributed by atoms with E-state index in [0.29, 0.717) is 23.5 Å². The van der Waals surface area contributed by atoms with Crippen LogP contribution in [0.4, 0.5) is 4.39 Å². The van der Waals surface area contributed by atoms with Crippen LogP contribution in [0.2, 0.25) is 0 Å². The molecule has 0 bridgehead atoms. The van der Waals surface area contributed by atoms with Gasteiger partial charge in [0.2, 0.25) is 0 Å². The van der Waals surface area contributed by atoms with Gasteiger partial charge < -0.3 is 5.32 Å². The Kier molecular flexibility index (Phi) is 5.71. The van der Waals surface area contributed by atoms with Gasteiger partial charge in [0, 0.05) is 30.9 Å². The van der Waals surface area contributed by atoms with Crippen molar-refractivity contribution in [2.45, 2.75) is 32.2 Å². The lowest BCUT2D eigenvalue weighted by atomic mass is 10.0. The first-order valence-corrected chi connectivity index (χ1v) is 8.76. The molecule has 1 aliphatic heterocycles. The third kappa shape index (κ3) is 4.20. The summed E-state index contributed by atoms with van der Waals surface area (Å²) in [6, 6.07) is 6.62. The number of hydrogen-bond acceptors (Lipinski definition) is 4. The minimum Gasteiger partial charge on any atom is -0.350 e. The second-order valence-corrected chi connectivity index (χ2v) is 6.23. The zero-order valence-electron chi connectivity index (χ0n) is 14.4. The number of aryl methyl sites for hydroxylation is 1. The van der Waals surface area contributed by atoms with Crippen molar-refractivity contribution in [3.05, 3.63) is 59.4 Å². The van der Waals surface area contributed by atoms with Crippen molar-refractivity contribution in [3.8, 4) is 0 Å². The van der Waals surface area contributed by atoms with Crippen molar-refractivity contribution in [1.29, 1.82) is 0 Å². The number of nitrogens with zero attached hydrogens (tertiary/aromatic N) is 3. The summed E-state index contributed by atoms with van der Waals surface area (Å²) in [5, 5.41) is 2.91. The Labute approximate surface area is 147 Å². The number of rotatable bonds is 6. The molecule has 2 aromatic rings. The highest BCUT2D eigenvalue weighted by Gasteiger charge is 2.26. The lowest BCUT2D eigenvalue weighted by Crippen LogP contribution is -2.37. The molecule has 0 spiro atoms. The van der Waals surface area contributed by atoms with Crippen molar-refractivity contribution in [2.24, 2.45) is 0 Å². The summed E-state index contributed by atoms with van der Waals surface area (Å²) in [6.45, 7) is 4.16. The van der Waals surface area contributed by atoms with Gasteiger partial charge in [-0.25, -0.2) is 14.4 Å². The lowest BCUT2D eigenvalue weighted by molar-refractivity contribution is 0.0936. The number of likely N-dealkylation sites (tertiary alicyclic amines) is 1. The summed E-state index contributed by atoms with van der Waals surface area (Å²) in [4.78, 5) is 22.9. The molecule has 1 aromatic heterocycles. The topological polar surface area (TPSA) is 58.1 Å². The monoisotopic (exact) mass is 342 g/mol. The number of aromatic nitrogens is 2. The third-order valence-corrected chi connectivity index (χ3v) is 4.59. The van der Waals surface area contributed by atoms with E-state index in [9.17, 15) is 9.18 Å². The number of carbonyl (C=O) groups is 1. The molecule has 1 saturated heterocycles. The Balaban J connectivity index is 1.71. The van der Waals surface area contributed by atoms with Crippen molar-refractivity contribution in [1.82, 2.24) is 20.2 Å². The fraction of sp³-hybridized carbons (Fsp3) is 0.421. The van der Waals surface area contributed by atoms with Crippen LogP contribution in [0.3, 0.4) is 0 Å². The Morgan fingerprint density at radius 1 is 1.24 bits per heavy atom. The maximum Gasteiger partial charge on any atom is 0.254 e. The highest BCUT2D eigenvalue weighted by Crippen LogP contribution is 2.26. The van der Waals surface area contributed by atoms with Crippen LogP contribution in [0.15, 0.2) is 36.7 Å². The highest BCUT2D eigenvalue weighted by atomic mass is 19.1. The summed E-state index contributed by atoms with van der Waals surface area (Å²) in [7, 11) is 0. The van der Waals surface area contributed by atoms with E-state index in [0.717, 1.165) is 32.4 Å². The van der Waals surface area contributed by atoms with Gasteiger partial charge in [0.15, 0.2) is 0 Å². The molecule has 1 N–H and O–H groups in total. The minimum atomic E-state index is -0.233. The summed E-state index contributed by atoms with van der Waals surface area (Å²) >= 11 is 0. The predicted molar refractivity (Wildman–Crippen MR) is 93.7 cm³/mol. The fourth-order valence-corrected chi connectivity index (χ4v) is 3.18. The van der Waals surface area contributed by atoms with Gasteiger partial charge in [-0.1, -0.05) is 25.1 Å². The van der Waals surface area contributed by atoms with E-state index in [-0.39, 0.29) is 17.8 Å². The van der Waals surface area contributed by atoms with Gasteiger partial charge in [-0.15, -0.1) is 0 Å². The zero-order valence-corrected chi connectivity index (χ0v) is 14.4. The minimum absolute atomic E-state index is 0.163. The molecule has 5 nitrogen and oxygen atoms in total. The van der Waals surface area contributed by atoms with Crippen LogP contribution in [0.5, 0.6) is 0 Å². The standard InChI is InChI=1S/C19H23FN4O/c1-2-18-21-11-14(12-22-18)19(25)23-13-17(24-9-5-6-10-24)15-7-3-4-8-16(15)20/h3-4,7-8,11-12,17H,2,5-6,9-10,13H2,1H3,(H,23,25)/t17-/m0/s1. The van der Waals surface area contributed by atoms with Crippen LogP contribution < -0.4 is 5.32 Å². The van der Waals surface area contributed by atoms with Gasteiger partial charge in [0.1, 0.15) is 11.6 Å². The van der Waals surface area contributed by atoms with Gasteiger partial charge in [-0.05, 0) is 32.0 Å². The molecule has 6 heteroatoms. The second kappa shape index (κ2) is 8.16. The normalized spacial score (nSPS) is 15.9. The Hall–Kier alpha value is -2.34. The van der Waals surface area contributed by atoms with Crippen LogP contribution in [-0.2, 0) is 6.42 Å². The van der Waals surface area contributed by atoms with E-state index < -0.39 is 0 Å². The maximum absolute atomic E-state index is 14.3. The van der Waals surface area contributed by atoms with E-state index in [1.54, 1.807) is 12.1 Å². The summed E-state index contributed by atoms with van der Waals surface area (Å²) in [5.74, 6) is 0.241. The average molecular weight is 342 g/mol. The zero-order chi connectivity index (χ0) is 17.6. The van der Waals surface area contributed by atoms with E-state index in [1.807, 2.05) is 13.0 Å². The number of hydrogen-bond donors (Lipinski definition) is 1. The Bertz CT molecular complexity index is 714. The molecule has 0 saturated carbocycles. The summed E-state index contributed by atoms with van der Waals surface area (Å²) in [6.07, 6.45) is 6.01. The molecule has 0 aliphatic carbocycles. The molecule has 1 fully saturated rings. The van der Waals surface area contributed by atoms with Crippen LogP contribution >= 0.6 is 0 Å². The molecular weight excluding hydrogens is 319 g/mol. The molecule has 1 atom stereocenters. The molecule has 132 valence electrons.